The van der Waals surface area contributed by atoms with Crippen LogP contribution in [0.25, 0.3) is 0 Å². The molecule has 0 aliphatic carbocycles. The number of nitrogens with zero attached hydrogens (tertiary/aromatic N) is 2. The minimum absolute atomic E-state index is 0.119. The summed E-state index contributed by atoms with van der Waals surface area (Å²) >= 11 is 0. The van der Waals surface area contributed by atoms with Crippen molar-refractivity contribution in [3.8, 4) is 5.75 Å². The molecule has 1 N–H and O–H groups in total. The zero-order valence-electron chi connectivity index (χ0n) is 10.8. The lowest BCUT2D eigenvalue weighted by atomic mass is 10.2. The highest BCUT2D eigenvalue weighted by Gasteiger charge is 2.18. The molecule has 0 fully saturated rings. The zero-order chi connectivity index (χ0) is 14.4. The number of carboxylic acid groups (broad SMARTS) is 1. The van der Waals surface area contributed by atoms with Gasteiger partial charge in [0.05, 0.1) is 12.0 Å². The second-order valence-corrected chi connectivity index (χ2v) is 3.93. The highest BCUT2D eigenvalue weighted by molar-refractivity contribution is 5.74. The first-order valence-electron chi connectivity index (χ1n) is 5.78. The molecule has 0 spiro atoms. The number of rotatable bonds is 7. The standard InChI is InChI=1S/C12H16N2O5/c1-3-6-13(8-12(15)16)9-4-5-10(14(17)18)11(7-9)19-2/h4-5,7H,3,6,8H2,1-2H3,(H,15,16). The predicted molar refractivity (Wildman–Crippen MR) is 69.8 cm³/mol. The molecule has 0 amide bonds. The van der Waals surface area contributed by atoms with Crippen molar-refractivity contribution in [1.82, 2.24) is 0 Å². The van der Waals surface area contributed by atoms with E-state index in [1.54, 1.807) is 4.90 Å². The van der Waals surface area contributed by atoms with Crippen LogP contribution in [0.15, 0.2) is 18.2 Å². The van der Waals surface area contributed by atoms with E-state index in [4.69, 9.17) is 9.84 Å². The van der Waals surface area contributed by atoms with Crippen LogP contribution in [0.2, 0.25) is 0 Å². The summed E-state index contributed by atoms with van der Waals surface area (Å²) in [7, 11) is 1.34. The van der Waals surface area contributed by atoms with Gasteiger partial charge >= 0.3 is 11.7 Å². The van der Waals surface area contributed by atoms with Crippen LogP contribution in [-0.2, 0) is 4.79 Å². The molecule has 0 unspecified atom stereocenters. The normalized spacial score (nSPS) is 10.0. The summed E-state index contributed by atoms with van der Waals surface area (Å²) < 4.78 is 4.96. The first kappa shape index (κ1) is 14.7. The molecular formula is C12H16N2O5. The Bertz CT molecular complexity index is 475. The van der Waals surface area contributed by atoms with Crippen LogP contribution >= 0.6 is 0 Å². The molecule has 0 atom stereocenters. The molecule has 0 aliphatic rings. The van der Waals surface area contributed by atoms with E-state index in [0.717, 1.165) is 6.42 Å². The predicted octanol–water partition coefficient (Wildman–Crippen LogP) is 1.90. The van der Waals surface area contributed by atoms with E-state index in [1.165, 1.54) is 25.3 Å². The Balaban J connectivity index is 3.10. The van der Waals surface area contributed by atoms with Gasteiger partial charge in [-0.05, 0) is 12.5 Å². The average molecular weight is 268 g/mol. The number of hydrogen-bond donors (Lipinski definition) is 1. The third-order valence-electron chi connectivity index (χ3n) is 2.54. The molecule has 0 aliphatic heterocycles. The van der Waals surface area contributed by atoms with Crippen LogP contribution in [0.1, 0.15) is 13.3 Å². The van der Waals surface area contributed by atoms with E-state index >= 15 is 0 Å². The molecule has 19 heavy (non-hydrogen) atoms. The first-order valence-corrected chi connectivity index (χ1v) is 5.78. The number of hydrogen-bond acceptors (Lipinski definition) is 5. The molecule has 1 aromatic rings. The number of nitro groups is 1. The van der Waals surface area contributed by atoms with Gasteiger partial charge < -0.3 is 14.7 Å². The van der Waals surface area contributed by atoms with Crippen LogP contribution in [0, 0.1) is 10.1 Å². The number of carboxylic acids is 1. The number of ether oxygens (including phenoxy) is 1. The Morgan fingerprint density at radius 1 is 1.53 bits per heavy atom. The van der Waals surface area contributed by atoms with Gasteiger partial charge in [0.15, 0.2) is 5.75 Å². The van der Waals surface area contributed by atoms with Crippen LogP contribution in [0.5, 0.6) is 5.75 Å². The monoisotopic (exact) mass is 268 g/mol. The molecule has 0 aromatic heterocycles. The molecule has 1 aromatic carbocycles. The molecule has 1 rings (SSSR count). The van der Waals surface area contributed by atoms with Crippen molar-refractivity contribution >= 4 is 17.3 Å². The lowest BCUT2D eigenvalue weighted by molar-refractivity contribution is -0.385. The molecule has 0 heterocycles. The van der Waals surface area contributed by atoms with Gasteiger partial charge in [0.1, 0.15) is 6.54 Å². The molecule has 0 radical (unpaired) electrons. The maximum Gasteiger partial charge on any atom is 0.323 e. The van der Waals surface area contributed by atoms with Gasteiger partial charge in [-0.2, -0.15) is 0 Å². The van der Waals surface area contributed by atoms with Gasteiger partial charge in [0, 0.05) is 24.4 Å². The fraction of sp³-hybridized carbons (Fsp3) is 0.417. The van der Waals surface area contributed by atoms with Crippen molar-refractivity contribution < 1.29 is 19.6 Å². The molecule has 104 valence electrons. The Hall–Kier alpha value is -2.31. The molecule has 0 saturated carbocycles. The Labute approximate surface area is 110 Å². The maximum absolute atomic E-state index is 10.8. The van der Waals surface area contributed by atoms with Crippen molar-refractivity contribution in [3.05, 3.63) is 28.3 Å². The van der Waals surface area contributed by atoms with E-state index in [-0.39, 0.29) is 18.0 Å². The molecular weight excluding hydrogens is 252 g/mol. The van der Waals surface area contributed by atoms with Crippen LogP contribution < -0.4 is 9.64 Å². The minimum atomic E-state index is -0.953. The first-order chi connectivity index (χ1) is 8.99. The smallest absolute Gasteiger partial charge is 0.323 e. The van der Waals surface area contributed by atoms with Crippen molar-refractivity contribution in [2.24, 2.45) is 0 Å². The third-order valence-corrected chi connectivity index (χ3v) is 2.54. The molecule has 0 saturated heterocycles. The summed E-state index contributed by atoms with van der Waals surface area (Å²) in [5, 5.41) is 19.6. The number of nitro benzene ring substituents is 1. The summed E-state index contributed by atoms with van der Waals surface area (Å²) in [4.78, 5) is 22.7. The minimum Gasteiger partial charge on any atom is -0.490 e. The zero-order valence-corrected chi connectivity index (χ0v) is 10.8. The molecule has 7 nitrogen and oxygen atoms in total. The lowest BCUT2D eigenvalue weighted by Crippen LogP contribution is -2.30. The van der Waals surface area contributed by atoms with E-state index in [0.29, 0.717) is 12.2 Å². The highest BCUT2D eigenvalue weighted by Crippen LogP contribution is 2.31. The van der Waals surface area contributed by atoms with E-state index < -0.39 is 10.9 Å². The number of anilines is 1. The van der Waals surface area contributed by atoms with Crippen molar-refractivity contribution in [1.29, 1.82) is 0 Å². The number of benzene rings is 1. The quantitative estimate of drug-likeness (QED) is 0.599. The van der Waals surface area contributed by atoms with Gasteiger partial charge in [-0.3, -0.25) is 14.9 Å². The summed E-state index contributed by atoms with van der Waals surface area (Å²) in [5.74, 6) is -0.834. The van der Waals surface area contributed by atoms with Gasteiger partial charge in [0.2, 0.25) is 0 Å². The fourth-order valence-electron chi connectivity index (χ4n) is 1.75. The summed E-state index contributed by atoms with van der Waals surface area (Å²) in [6, 6.07) is 4.33. The summed E-state index contributed by atoms with van der Waals surface area (Å²) in [6.07, 6.45) is 0.770. The van der Waals surface area contributed by atoms with E-state index in [2.05, 4.69) is 0 Å². The van der Waals surface area contributed by atoms with Crippen LogP contribution in [-0.4, -0.2) is 36.2 Å². The average Bonchev–Trinajstić information content (AvgIpc) is 2.36. The van der Waals surface area contributed by atoms with Crippen molar-refractivity contribution in [2.75, 3.05) is 25.1 Å². The lowest BCUT2D eigenvalue weighted by Gasteiger charge is -2.22. The Kier molecular flexibility index (Phi) is 5.11. The van der Waals surface area contributed by atoms with E-state index in [1.807, 2.05) is 6.92 Å². The third kappa shape index (κ3) is 3.84. The van der Waals surface area contributed by atoms with Crippen LogP contribution in [0.4, 0.5) is 11.4 Å². The summed E-state index contributed by atoms with van der Waals surface area (Å²) in [5.41, 5.74) is 0.449. The highest BCUT2D eigenvalue weighted by atomic mass is 16.6. The summed E-state index contributed by atoms with van der Waals surface area (Å²) in [6.45, 7) is 2.32. The van der Waals surface area contributed by atoms with Gasteiger partial charge in [-0.25, -0.2) is 0 Å². The van der Waals surface area contributed by atoms with Gasteiger partial charge in [0.25, 0.3) is 0 Å². The SMILES string of the molecule is CCCN(CC(=O)O)c1ccc([N+](=O)[O-])c(OC)c1. The topological polar surface area (TPSA) is 92.9 Å². The van der Waals surface area contributed by atoms with Crippen molar-refractivity contribution in [2.45, 2.75) is 13.3 Å². The van der Waals surface area contributed by atoms with Gasteiger partial charge in [-0.15, -0.1) is 0 Å². The Morgan fingerprint density at radius 2 is 2.21 bits per heavy atom. The van der Waals surface area contributed by atoms with Crippen molar-refractivity contribution in [3.63, 3.8) is 0 Å². The second kappa shape index (κ2) is 6.58. The molecule has 0 bridgehead atoms. The van der Waals surface area contributed by atoms with E-state index in [9.17, 15) is 14.9 Å². The largest absolute Gasteiger partial charge is 0.490 e. The Morgan fingerprint density at radius 3 is 2.68 bits per heavy atom. The number of aliphatic carboxylic acids is 1. The second-order valence-electron chi connectivity index (χ2n) is 3.93. The number of methoxy groups -OCH3 is 1. The number of carbonyl (C=O) groups is 1. The fourth-order valence-corrected chi connectivity index (χ4v) is 1.75. The van der Waals surface area contributed by atoms with Gasteiger partial charge in [-0.1, -0.05) is 6.92 Å². The maximum atomic E-state index is 10.8. The van der Waals surface area contributed by atoms with Crippen LogP contribution in [0.3, 0.4) is 0 Å². The molecule has 7 heteroatoms.